The monoisotopic (exact) mass is 584 g/mol. The van der Waals surface area contributed by atoms with Crippen LogP contribution in [0.2, 0.25) is 0 Å². The second kappa shape index (κ2) is 8.80. The van der Waals surface area contributed by atoms with Crippen LogP contribution < -0.4 is 15.7 Å². The molecule has 4 heteroatoms. The Morgan fingerprint density at radius 2 is 1.04 bits per heavy atom. The Balaban J connectivity index is 1.30. The number of fused-ring (bicyclic) bond motifs is 17. The molecule has 2 aliphatic heterocycles. The van der Waals surface area contributed by atoms with Gasteiger partial charge in [-0.1, -0.05) is 103 Å². The summed E-state index contributed by atoms with van der Waals surface area (Å²) in [5.74, 6) is 0. The van der Waals surface area contributed by atoms with Gasteiger partial charge >= 0.3 is 6.85 Å². The molecule has 0 aliphatic carbocycles. The normalized spacial score (nSPS) is 13.1. The highest BCUT2D eigenvalue weighted by atomic mass is 16.3. The van der Waals surface area contributed by atoms with Crippen molar-refractivity contribution in [2.24, 2.45) is 0 Å². The van der Waals surface area contributed by atoms with E-state index in [1.807, 2.05) is 6.07 Å². The minimum Gasteiger partial charge on any atom is -0.456 e. The molecule has 0 bridgehead atoms. The van der Waals surface area contributed by atoms with Gasteiger partial charge in [0.25, 0.3) is 0 Å². The molecule has 212 valence electrons. The fourth-order valence-electron chi connectivity index (χ4n) is 8.27. The van der Waals surface area contributed by atoms with Crippen LogP contribution in [0.25, 0.3) is 71.7 Å². The van der Waals surface area contributed by atoms with Gasteiger partial charge in [0.05, 0.1) is 11.0 Å². The minimum absolute atomic E-state index is 0.0467. The summed E-state index contributed by atoms with van der Waals surface area (Å²) in [6.45, 7) is 0.0467. The number of hydrogen-bond acceptors (Lipinski definition) is 2. The molecule has 9 aromatic rings. The van der Waals surface area contributed by atoms with Crippen molar-refractivity contribution in [3.8, 4) is 27.9 Å². The molecule has 0 unspecified atom stereocenters. The van der Waals surface area contributed by atoms with Gasteiger partial charge in [0, 0.05) is 49.7 Å². The molecule has 0 radical (unpaired) electrons. The van der Waals surface area contributed by atoms with Gasteiger partial charge in [0.15, 0.2) is 0 Å². The predicted molar refractivity (Wildman–Crippen MR) is 193 cm³/mol. The molecule has 0 spiro atoms. The molecule has 4 heterocycles. The van der Waals surface area contributed by atoms with Gasteiger partial charge < -0.3 is 13.8 Å². The van der Waals surface area contributed by atoms with Crippen LogP contribution in [0.3, 0.4) is 0 Å². The van der Waals surface area contributed by atoms with E-state index in [0.29, 0.717) is 0 Å². The number of nitrogens with zero attached hydrogens (tertiary/aromatic N) is 2. The van der Waals surface area contributed by atoms with Gasteiger partial charge in [-0.15, -0.1) is 0 Å². The third-order valence-electron chi connectivity index (χ3n) is 10.2. The van der Waals surface area contributed by atoms with Crippen LogP contribution in [0, 0.1) is 0 Å². The number of furan rings is 1. The average molecular weight is 584 g/mol. The predicted octanol–water partition coefficient (Wildman–Crippen LogP) is 9.59. The molecular weight excluding hydrogens is 559 g/mol. The van der Waals surface area contributed by atoms with E-state index in [0.717, 1.165) is 27.6 Å². The van der Waals surface area contributed by atoms with Crippen LogP contribution in [0.15, 0.2) is 156 Å². The summed E-state index contributed by atoms with van der Waals surface area (Å²) < 4.78 is 8.87. The van der Waals surface area contributed by atoms with Gasteiger partial charge in [0.2, 0.25) is 0 Å². The Morgan fingerprint density at radius 1 is 0.413 bits per heavy atom. The van der Waals surface area contributed by atoms with E-state index in [9.17, 15) is 0 Å². The molecule has 0 amide bonds. The van der Waals surface area contributed by atoms with E-state index in [-0.39, 0.29) is 6.85 Å². The van der Waals surface area contributed by atoms with Gasteiger partial charge in [-0.25, -0.2) is 0 Å². The Kier molecular flexibility index (Phi) is 4.66. The quantitative estimate of drug-likeness (QED) is 0.179. The SMILES string of the molecule is c1ccc(-n2c3cc4c(cc3c3cc5oc6ccccc6c5cc32)B2c3ccccc3-c3ccccc3N2c2ccccc2-4)cc1. The van der Waals surface area contributed by atoms with E-state index in [1.165, 1.54) is 66.4 Å². The first-order chi connectivity index (χ1) is 22.8. The molecule has 7 aromatic carbocycles. The molecule has 3 nitrogen and oxygen atoms in total. The number of hydrogen-bond donors (Lipinski definition) is 0. The highest BCUT2D eigenvalue weighted by Gasteiger charge is 2.42. The zero-order valence-electron chi connectivity index (χ0n) is 24.8. The number of anilines is 2. The van der Waals surface area contributed by atoms with Crippen LogP contribution in [-0.4, -0.2) is 11.4 Å². The lowest BCUT2D eigenvalue weighted by Gasteiger charge is -2.43. The second-order valence-electron chi connectivity index (χ2n) is 12.5. The molecular formula is C42H25BN2O. The van der Waals surface area contributed by atoms with Crippen molar-refractivity contribution in [2.45, 2.75) is 0 Å². The molecule has 0 saturated carbocycles. The lowest BCUT2D eigenvalue weighted by Crippen LogP contribution is -2.59. The molecule has 46 heavy (non-hydrogen) atoms. The van der Waals surface area contributed by atoms with E-state index in [2.05, 4.69) is 155 Å². The van der Waals surface area contributed by atoms with Crippen molar-refractivity contribution in [1.82, 2.24) is 4.57 Å². The minimum atomic E-state index is 0.0467. The first kappa shape index (κ1) is 24.3. The smallest absolute Gasteiger partial charge is 0.329 e. The zero-order chi connectivity index (χ0) is 29.9. The van der Waals surface area contributed by atoms with Crippen LogP contribution in [0.5, 0.6) is 0 Å². The Hall–Kier alpha value is -6.00. The fourth-order valence-corrected chi connectivity index (χ4v) is 8.27. The van der Waals surface area contributed by atoms with Crippen molar-refractivity contribution in [3.63, 3.8) is 0 Å². The van der Waals surface area contributed by atoms with Crippen LogP contribution in [-0.2, 0) is 0 Å². The van der Waals surface area contributed by atoms with Gasteiger partial charge in [0.1, 0.15) is 11.2 Å². The van der Waals surface area contributed by atoms with E-state index in [1.54, 1.807) is 0 Å². The summed E-state index contributed by atoms with van der Waals surface area (Å²) in [4.78, 5) is 2.56. The van der Waals surface area contributed by atoms with Gasteiger partial charge in [-0.3, -0.25) is 0 Å². The highest BCUT2D eigenvalue weighted by molar-refractivity contribution is 6.92. The largest absolute Gasteiger partial charge is 0.456 e. The first-order valence-electron chi connectivity index (χ1n) is 15.9. The molecule has 2 aromatic heterocycles. The summed E-state index contributed by atoms with van der Waals surface area (Å²) in [7, 11) is 0. The zero-order valence-corrected chi connectivity index (χ0v) is 24.8. The standard InChI is InChI=1S/C42H25BN2O/c1-2-12-26(13-3-1)44-39-23-31-29-16-6-10-20-38(29)45-37-19-9-5-15-28(37)27-14-4-8-18-35(27)43(45)36(31)22-32(39)33-25-42-34(24-40(33)44)30-17-7-11-21-41(30)46-42/h1-25H. The second-order valence-corrected chi connectivity index (χ2v) is 12.5. The highest BCUT2D eigenvalue weighted by Crippen LogP contribution is 2.47. The van der Waals surface area contributed by atoms with Gasteiger partial charge in [-0.2, -0.15) is 0 Å². The van der Waals surface area contributed by atoms with Crippen molar-refractivity contribution >= 4 is 72.9 Å². The third-order valence-corrected chi connectivity index (χ3v) is 10.2. The Labute approximate surface area is 265 Å². The molecule has 11 rings (SSSR count). The maximum absolute atomic E-state index is 6.44. The lowest BCUT2D eigenvalue weighted by molar-refractivity contribution is 0.669. The summed E-state index contributed by atoms with van der Waals surface area (Å²) in [6.07, 6.45) is 0. The summed E-state index contributed by atoms with van der Waals surface area (Å²) in [5, 5.41) is 4.71. The number of rotatable bonds is 1. The molecule has 0 N–H and O–H groups in total. The lowest BCUT2D eigenvalue weighted by atomic mass is 9.43. The summed E-state index contributed by atoms with van der Waals surface area (Å²) >= 11 is 0. The molecule has 0 atom stereocenters. The van der Waals surface area contributed by atoms with Crippen molar-refractivity contribution in [1.29, 1.82) is 0 Å². The Bertz CT molecular complexity index is 2720. The van der Waals surface area contributed by atoms with Crippen molar-refractivity contribution in [2.75, 3.05) is 4.81 Å². The average Bonchev–Trinajstić information content (AvgIpc) is 3.64. The number of benzene rings is 7. The fraction of sp³-hybridized carbons (Fsp3) is 0. The number of para-hydroxylation sites is 4. The maximum Gasteiger partial charge on any atom is 0.329 e. The Morgan fingerprint density at radius 3 is 1.87 bits per heavy atom. The van der Waals surface area contributed by atoms with Crippen LogP contribution >= 0.6 is 0 Å². The number of aromatic nitrogens is 1. The van der Waals surface area contributed by atoms with Crippen LogP contribution in [0.4, 0.5) is 11.4 Å². The van der Waals surface area contributed by atoms with Crippen LogP contribution in [0.1, 0.15) is 0 Å². The topological polar surface area (TPSA) is 21.3 Å². The third kappa shape index (κ3) is 3.08. The molecule has 2 aliphatic rings. The van der Waals surface area contributed by atoms with Gasteiger partial charge in [-0.05, 0) is 70.6 Å². The molecule has 0 saturated heterocycles. The summed E-state index contributed by atoms with van der Waals surface area (Å²) in [5.41, 5.74) is 15.7. The van der Waals surface area contributed by atoms with Crippen molar-refractivity contribution < 1.29 is 4.42 Å². The maximum atomic E-state index is 6.44. The van der Waals surface area contributed by atoms with Crippen molar-refractivity contribution in [3.05, 3.63) is 152 Å². The van der Waals surface area contributed by atoms with E-state index < -0.39 is 0 Å². The van der Waals surface area contributed by atoms with E-state index >= 15 is 0 Å². The summed E-state index contributed by atoms with van der Waals surface area (Å²) in [6, 6.07) is 55.3. The van der Waals surface area contributed by atoms with E-state index in [4.69, 9.17) is 4.42 Å². The first-order valence-corrected chi connectivity index (χ1v) is 15.9. The molecule has 0 fully saturated rings.